The van der Waals surface area contributed by atoms with E-state index < -0.39 is 0 Å². The molecule has 1 N–H and O–H groups in total. The topological polar surface area (TPSA) is 38.3 Å². The lowest BCUT2D eigenvalue weighted by Crippen LogP contribution is -2.46. The molecule has 0 spiro atoms. The van der Waals surface area contributed by atoms with Crippen LogP contribution in [0.3, 0.4) is 0 Å². The number of carbonyl (C=O) groups is 1. The number of carbonyl (C=O) groups excluding carboxylic acids is 1. The second-order valence-electron chi connectivity index (χ2n) is 6.17. The highest BCUT2D eigenvalue weighted by Gasteiger charge is 2.27. The van der Waals surface area contributed by atoms with Crippen molar-refractivity contribution in [3.63, 3.8) is 0 Å². The average molecular weight is 239 g/mol. The van der Waals surface area contributed by atoms with Crippen molar-refractivity contribution in [3.05, 3.63) is 12.2 Å². The first-order valence-electron chi connectivity index (χ1n) is 6.36. The fourth-order valence-corrected chi connectivity index (χ4v) is 1.53. The summed E-state index contributed by atoms with van der Waals surface area (Å²) in [4.78, 5) is 12.1. The Bertz CT molecular complexity index is 287. The van der Waals surface area contributed by atoms with Crippen molar-refractivity contribution in [1.29, 1.82) is 0 Å². The SMILES string of the molecule is C=C(C)CC(OCC1CC1)C(=O)NC(C)(C)C. The van der Waals surface area contributed by atoms with Gasteiger partial charge in [-0.25, -0.2) is 0 Å². The van der Waals surface area contributed by atoms with Gasteiger partial charge in [0.2, 0.25) is 5.91 Å². The molecule has 1 atom stereocenters. The van der Waals surface area contributed by atoms with Gasteiger partial charge in [0.1, 0.15) is 6.10 Å². The predicted octanol–water partition coefficient (Wildman–Crippen LogP) is 2.66. The van der Waals surface area contributed by atoms with Gasteiger partial charge in [0.15, 0.2) is 0 Å². The predicted molar refractivity (Wildman–Crippen MR) is 69.8 cm³/mol. The van der Waals surface area contributed by atoms with Crippen molar-refractivity contribution >= 4 is 5.91 Å². The van der Waals surface area contributed by atoms with E-state index in [1.165, 1.54) is 12.8 Å². The molecule has 1 unspecified atom stereocenters. The molecule has 0 aromatic carbocycles. The lowest BCUT2D eigenvalue weighted by atomic mass is 10.1. The summed E-state index contributed by atoms with van der Waals surface area (Å²) in [5.74, 6) is 0.645. The maximum absolute atomic E-state index is 12.1. The minimum absolute atomic E-state index is 0.0267. The van der Waals surface area contributed by atoms with Crippen molar-refractivity contribution < 1.29 is 9.53 Å². The van der Waals surface area contributed by atoms with Gasteiger partial charge in [-0.2, -0.15) is 0 Å². The maximum atomic E-state index is 12.1. The quantitative estimate of drug-likeness (QED) is 0.724. The molecule has 17 heavy (non-hydrogen) atoms. The fraction of sp³-hybridized carbons (Fsp3) is 0.786. The number of nitrogens with one attached hydrogen (secondary N) is 1. The summed E-state index contributed by atoms with van der Waals surface area (Å²) in [5, 5.41) is 2.96. The van der Waals surface area contributed by atoms with E-state index in [2.05, 4.69) is 11.9 Å². The van der Waals surface area contributed by atoms with Crippen molar-refractivity contribution in [2.45, 2.75) is 58.6 Å². The summed E-state index contributed by atoms with van der Waals surface area (Å²) in [6.07, 6.45) is 2.70. The highest BCUT2D eigenvalue weighted by Crippen LogP contribution is 2.29. The zero-order valence-electron chi connectivity index (χ0n) is 11.5. The Morgan fingerprint density at radius 2 is 2.06 bits per heavy atom. The molecule has 1 saturated carbocycles. The third-order valence-electron chi connectivity index (χ3n) is 2.55. The van der Waals surface area contributed by atoms with Crippen LogP contribution in [-0.2, 0) is 9.53 Å². The van der Waals surface area contributed by atoms with Crippen LogP contribution < -0.4 is 5.32 Å². The van der Waals surface area contributed by atoms with Crippen LogP contribution in [0.5, 0.6) is 0 Å². The summed E-state index contributed by atoms with van der Waals surface area (Å²) in [6.45, 7) is 12.4. The zero-order chi connectivity index (χ0) is 13.1. The van der Waals surface area contributed by atoms with Crippen LogP contribution in [-0.4, -0.2) is 24.2 Å². The number of ether oxygens (including phenoxy) is 1. The molecular weight excluding hydrogens is 214 g/mol. The molecule has 0 aromatic rings. The van der Waals surface area contributed by atoms with Gasteiger partial charge in [-0.15, -0.1) is 6.58 Å². The molecule has 0 saturated heterocycles. The highest BCUT2D eigenvalue weighted by molar-refractivity contribution is 5.81. The van der Waals surface area contributed by atoms with Gasteiger partial charge in [0.05, 0.1) is 6.61 Å². The fourth-order valence-electron chi connectivity index (χ4n) is 1.53. The van der Waals surface area contributed by atoms with Crippen LogP contribution in [0, 0.1) is 5.92 Å². The number of amides is 1. The molecule has 1 aliphatic rings. The third-order valence-corrected chi connectivity index (χ3v) is 2.55. The zero-order valence-corrected chi connectivity index (χ0v) is 11.5. The first kappa shape index (κ1) is 14.2. The van der Waals surface area contributed by atoms with Crippen LogP contribution in [0.4, 0.5) is 0 Å². The molecule has 3 heteroatoms. The number of rotatable bonds is 6. The van der Waals surface area contributed by atoms with Gasteiger partial charge in [0.25, 0.3) is 0 Å². The summed E-state index contributed by atoms with van der Waals surface area (Å²) in [7, 11) is 0. The summed E-state index contributed by atoms with van der Waals surface area (Å²) in [6, 6.07) is 0. The standard InChI is InChI=1S/C14H25NO2/c1-10(2)8-12(17-9-11-6-7-11)13(16)15-14(3,4)5/h11-12H,1,6-9H2,2-5H3,(H,15,16). The Kier molecular flexibility index (Phi) is 4.75. The largest absolute Gasteiger partial charge is 0.368 e. The van der Waals surface area contributed by atoms with Gasteiger partial charge in [-0.3, -0.25) is 4.79 Å². The molecule has 0 bridgehead atoms. The van der Waals surface area contributed by atoms with E-state index in [1.807, 2.05) is 27.7 Å². The molecule has 0 aromatic heterocycles. The summed E-state index contributed by atoms with van der Waals surface area (Å²) >= 11 is 0. The second kappa shape index (κ2) is 5.67. The minimum atomic E-state index is -0.382. The van der Waals surface area contributed by atoms with Gasteiger partial charge in [0, 0.05) is 12.0 Å². The van der Waals surface area contributed by atoms with E-state index in [-0.39, 0.29) is 17.6 Å². The molecule has 1 amide bonds. The summed E-state index contributed by atoms with van der Waals surface area (Å²) < 4.78 is 5.71. The molecule has 98 valence electrons. The normalized spacial score (nSPS) is 17.6. The molecule has 0 radical (unpaired) electrons. The smallest absolute Gasteiger partial charge is 0.249 e. The first-order chi connectivity index (χ1) is 7.78. The van der Waals surface area contributed by atoms with Gasteiger partial charge in [-0.1, -0.05) is 5.57 Å². The van der Waals surface area contributed by atoms with E-state index in [4.69, 9.17) is 4.74 Å². The molecule has 0 heterocycles. The summed E-state index contributed by atoms with van der Waals surface area (Å²) in [5.41, 5.74) is 0.766. The van der Waals surface area contributed by atoms with Crippen LogP contribution in [0.2, 0.25) is 0 Å². The van der Waals surface area contributed by atoms with Crippen molar-refractivity contribution in [2.24, 2.45) is 5.92 Å². The molecule has 3 nitrogen and oxygen atoms in total. The van der Waals surface area contributed by atoms with Gasteiger partial charge in [-0.05, 0) is 46.5 Å². The molecule has 1 rings (SSSR count). The van der Waals surface area contributed by atoms with E-state index in [0.29, 0.717) is 18.9 Å². The highest BCUT2D eigenvalue weighted by atomic mass is 16.5. The Morgan fingerprint density at radius 3 is 2.47 bits per heavy atom. The molecule has 1 fully saturated rings. The Morgan fingerprint density at radius 1 is 1.47 bits per heavy atom. The van der Waals surface area contributed by atoms with Crippen molar-refractivity contribution in [1.82, 2.24) is 5.32 Å². The lowest BCUT2D eigenvalue weighted by Gasteiger charge is -2.25. The molecular formula is C14H25NO2. The van der Waals surface area contributed by atoms with Crippen LogP contribution in [0.25, 0.3) is 0 Å². The Balaban J connectivity index is 2.47. The van der Waals surface area contributed by atoms with E-state index in [9.17, 15) is 4.79 Å². The number of hydrogen-bond donors (Lipinski definition) is 1. The van der Waals surface area contributed by atoms with Crippen LogP contribution in [0.1, 0.15) is 47.0 Å². The Labute approximate surface area is 105 Å². The number of hydrogen-bond acceptors (Lipinski definition) is 2. The van der Waals surface area contributed by atoms with Crippen LogP contribution in [0.15, 0.2) is 12.2 Å². The maximum Gasteiger partial charge on any atom is 0.249 e. The van der Waals surface area contributed by atoms with E-state index >= 15 is 0 Å². The lowest BCUT2D eigenvalue weighted by molar-refractivity contribution is -0.134. The first-order valence-corrected chi connectivity index (χ1v) is 6.36. The minimum Gasteiger partial charge on any atom is -0.368 e. The molecule has 0 aliphatic heterocycles. The third kappa shape index (κ3) is 6.47. The second-order valence-corrected chi connectivity index (χ2v) is 6.17. The Hall–Kier alpha value is -0.830. The average Bonchev–Trinajstić information content (AvgIpc) is 2.91. The van der Waals surface area contributed by atoms with Gasteiger partial charge >= 0.3 is 0 Å². The monoisotopic (exact) mass is 239 g/mol. The molecule has 1 aliphatic carbocycles. The van der Waals surface area contributed by atoms with Crippen molar-refractivity contribution in [3.8, 4) is 0 Å². The van der Waals surface area contributed by atoms with Crippen molar-refractivity contribution in [2.75, 3.05) is 6.61 Å². The van der Waals surface area contributed by atoms with E-state index in [1.54, 1.807) is 0 Å². The van der Waals surface area contributed by atoms with Crippen LogP contribution >= 0.6 is 0 Å². The van der Waals surface area contributed by atoms with E-state index in [0.717, 1.165) is 5.57 Å². The van der Waals surface area contributed by atoms with Gasteiger partial charge < -0.3 is 10.1 Å².